The maximum absolute atomic E-state index is 5.63. The first-order valence-electron chi connectivity index (χ1n) is 4.14. The summed E-state index contributed by atoms with van der Waals surface area (Å²) in [6.45, 7) is 2.16. The van der Waals surface area contributed by atoms with Crippen LogP contribution < -0.4 is 0 Å². The Labute approximate surface area is 83.3 Å². The van der Waals surface area contributed by atoms with E-state index in [4.69, 9.17) is 11.6 Å². The first kappa shape index (κ1) is 9.94. The van der Waals surface area contributed by atoms with Crippen LogP contribution in [-0.4, -0.2) is 11.6 Å². The Balaban J connectivity index is 2.58. The molecule has 0 fully saturated rings. The molecule has 1 aromatic carbocycles. The molecule has 1 aromatic rings. The van der Waals surface area contributed by atoms with E-state index >= 15 is 0 Å². The number of alkyl halides is 1. The number of hydrogen-bond donors (Lipinski definition) is 0. The van der Waals surface area contributed by atoms with Gasteiger partial charge in [0.2, 0.25) is 0 Å². The molecule has 2 heteroatoms. The Morgan fingerprint density at radius 2 is 1.92 bits per heavy atom. The van der Waals surface area contributed by atoms with Crippen molar-refractivity contribution in [3.8, 4) is 0 Å². The van der Waals surface area contributed by atoms with Gasteiger partial charge in [0.1, 0.15) is 0 Å². The summed E-state index contributed by atoms with van der Waals surface area (Å²) in [5.74, 6) is 1.84. The van der Waals surface area contributed by atoms with Crippen LogP contribution in [0.5, 0.6) is 0 Å². The van der Waals surface area contributed by atoms with E-state index in [1.807, 2.05) is 11.8 Å². The lowest BCUT2D eigenvalue weighted by atomic mass is 10.2. The van der Waals surface area contributed by atoms with E-state index < -0.39 is 0 Å². The molecule has 0 aromatic heterocycles. The molecule has 0 saturated heterocycles. The van der Waals surface area contributed by atoms with Crippen LogP contribution in [0.25, 0.3) is 0 Å². The number of hydrogen-bond acceptors (Lipinski definition) is 1. The molecule has 0 heterocycles. The summed E-state index contributed by atoms with van der Waals surface area (Å²) in [6, 6.07) is 8.63. The Morgan fingerprint density at radius 1 is 1.25 bits per heavy atom. The Bertz CT molecular complexity index is 193. The van der Waals surface area contributed by atoms with Gasteiger partial charge >= 0.3 is 0 Å². The topological polar surface area (TPSA) is 0 Å². The number of rotatable bonds is 4. The van der Waals surface area contributed by atoms with Crippen molar-refractivity contribution in [2.45, 2.75) is 18.2 Å². The molecule has 0 aliphatic heterocycles. The van der Waals surface area contributed by atoms with Crippen LogP contribution in [0.1, 0.15) is 12.5 Å². The quantitative estimate of drug-likeness (QED) is 0.529. The fourth-order valence-electron chi connectivity index (χ4n) is 1.03. The van der Waals surface area contributed by atoms with Crippen molar-refractivity contribution in [1.29, 1.82) is 0 Å². The highest BCUT2D eigenvalue weighted by atomic mass is 35.5. The van der Waals surface area contributed by atoms with Gasteiger partial charge in [-0.3, -0.25) is 0 Å². The molecule has 0 aliphatic rings. The molecule has 0 bridgehead atoms. The first-order valence-corrected chi connectivity index (χ1v) is 5.66. The molecule has 0 radical (unpaired) electrons. The molecule has 0 unspecified atom stereocenters. The van der Waals surface area contributed by atoms with Gasteiger partial charge in [0.15, 0.2) is 0 Å². The molecular weight excluding hydrogens is 188 g/mol. The second-order valence-corrected chi connectivity index (χ2v) is 4.23. The third-order valence-electron chi connectivity index (χ3n) is 1.62. The van der Waals surface area contributed by atoms with Crippen molar-refractivity contribution >= 4 is 23.4 Å². The third-order valence-corrected chi connectivity index (χ3v) is 2.70. The Hall–Kier alpha value is -0.140. The van der Waals surface area contributed by atoms with Gasteiger partial charge in [-0.15, -0.1) is 23.4 Å². The van der Waals surface area contributed by atoms with E-state index in [9.17, 15) is 0 Å². The van der Waals surface area contributed by atoms with E-state index in [1.54, 1.807) is 0 Å². The predicted molar refractivity (Wildman–Crippen MR) is 57.3 cm³/mol. The zero-order chi connectivity index (χ0) is 8.81. The molecule has 12 heavy (non-hydrogen) atoms. The van der Waals surface area contributed by atoms with Crippen molar-refractivity contribution in [1.82, 2.24) is 0 Å². The van der Waals surface area contributed by atoms with Gasteiger partial charge in [-0.1, -0.05) is 19.1 Å². The van der Waals surface area contributed by atoms with Crippen molar-refractivity contribution in [2.24, 2.45) is 0 Å². The molecule has 66 valence electrons. The van der Waals surface area contributed by atoms with Crippen LogP contribution in [0.4, 0.5) is 0 Å². The van der Waals surface area contributed by atoms with E-state index in [-0.39, 0.29) is 0 Å². The Morgan fingerprint density at radius 3 is 2.42 bits per heavy atom. The summed E-state index contributed by atoms with van der Waals surface area (Å²) in [6.07, 6.45) is 0.971. The minimum atomic E-state index is 0.709. The van der Waals surface area contributed by atoms with Crippen LogP contribution in [0.2, 0.25) is 0 Å². The normalized spacial score (nSPS) is 10.2. The molecule has 0 saturated carbocycles. The van der Waals surface area contributed by atoms with Gasteiger partial charge < -0.3 is 0 Å². The largest absolute Gasteiger partial charge is 0.126 e. The second-order valence-electron chi connectivity index (χ2n) is 2.52. The molecule has 0 aliphatic carbocycles. The molecule has 0 amide bonds. The zero-order valence-electron chi connectivity index (χ0n) is 7.22. The van der Waals surface area contributed by atoms with Crippen LogP contribution in [0, 0.1) is 0 Å². The van der Waals surface area contributed by atoms with Crippen LogP contribution >= 0.6 is 23.4 Å². The first-order chi connectivity index (χ1) is 5.86. The SMILES string of the molecule is CCSc1ccc(CCCl)cc1. The smallest absolute Gasteiger partial charge is 0.0263 e. The van der Waals surface area contributed by atoms with Crippen LogP contribution in [0.3, 0.4) is 0 Å². The van der Waals surface area contributed by atoms with E-state index in [2.05, 4.69) is 31.2 Å². The summed E-state index contributed by atoms with van der Waals surface area (Å²) in [5, 5.41) is 0. The monoisotopic (exact) mass is 200 g/mol. The average Bonchev–Trinajstić information content (AvgIpc) is 2.09. The van der Waals surface area contributed by atoms with Gasteiger partial charge in [0, 0.05) is 10.8 Å². The van der Waals surface area contributed by atoms with E-state index in [0.29, 0.717) is 5.88 Å². The van der Waals surface area contributed by atoms with E-state index in [0.717, 1.165) is 12.2 Å². The van der Waals surface area contributed by atoms with Gasteiger partial charge in [0.25, 0.3) is 0 Å². The third kappa shape index (κ3) is 3.08. The highest BCUT2D eigenvalue weighted by Crippen LogP contribution is 2.17. The number of halogens is 1. The summed E-state index contributed by atoms with van der Waals surface area (Å²) in [5.41, 5.74) is 1.32. The lowest BCUT2D eigenvalue weighted by molar-refractivity contribution is 1.14. The molecule has 0 atom stereocenters. The lowest BCUT2D eigenvalue weighted by Crippen LogP contribution is -1.84. The molecule has 0 nitrogen and oxygen atoms in total. The number of benzene rings is 1. The van der Waals surface area contributed by atoms with Crippen molar-refractivity contribution in [2.75, 3.05) is 11.6 Å². The van der Waals surface area contributed by atoms with Gasteiger partial charge in [-0.25, -0.2) is 0 Å². The van der Waals surface area contributed by atoms with Gasteiger partial charge in [-0.05, 0) is 29.9 Å². The maximum Gasteiger partial charge on any atom is 0.0263 e. The van der Waals surface area contributed by atoms with Gasteiger partial charge in [0.05, 0.1) is 0 Å². The van der Waals surface area contributed by atoms with E-state index in [1.165, 1.54) is 10.5 Å². The summed E-state index contributed by atoms with van der Waals surface area (Å²) in [7, 11) is 0. The second kappa shape index (κ2) is 5.50. The van der Waals surface area contributed by atoms with Crippen LogP contribution in [0.15, 0.2) is 29.2 Å². The lowest BCUT2D eigenvalue weighted by Gasteiger charge is -2.00. The highest BCUT2D eigenvalue weighted by molar-refractivity contribution is 7.99. The van der Waals surface area contributed by atoms with Crippen molar-refractivity contribution in [3.63, 3.8) is 0 Å². The summed E-state index contributed by atoms with van der Waals surface area (Å²) >= 11 is 7.50. The summed E-state index contributed by atoms with van der Waals surface area (Å²) in [4.78, 5) is 1.34. The summed E-state index contributed by atoms with van der Waals surface area (Å²) < 4.78 is 0. The fourth-order valence-corrected chi connectivity index (χ4v) is 1.91. The van der Waals surface area contributed by atoms with Gasteiger partial charge in [-0.2, -0.15) is 0 Å². The molecule has 0 N–H and O–H groups in total. The average molecular weight is 201 g/mol. The van der Waals surface area contributed by atoms with Crippen LogP contribution in [-0.2, 0) is 6.42 Å². The fraction of sp³-hybridized carbons (Fsp3) is 0.400. The minimum absolute atomic E-state index is 0.709. The number of aryl methyl sites for hydroxylation is 1. The maximum atomic E-state index is 5.63. The minimum Gasteiger partial charge on any atom is -0.126 e. The highest BCUT2D eigenvalue weighted by Gasteiger charge is 1.93. The molecule has 0 spiro atoms. The standard InChI is InChI=1S/C10H13ClS/c1-2-12-10-5-3-9(4-6-10)7-8-11/h3-6H,2,7-8H2,1H3. The zero-order valence-corrected chi connectivity index (χ0v) is 8.79. The van der Waals surface area contributed by atoms with Crippen molar-refractivity contribution in [3.05, 3.63) is 29.8 Å². The molecular formula is C10H13ClS. The Kier molecular flexibility index (Phi) is 4.55. The predicted octanol–water partition coefficient (Wildman–Crippen LogP) is 3.58. The molecule has 1 rings (SSSR count). The van der Waals surface area contributed by atoms with Crippen molar-refractivity contribution < 1.29 is 0 Å². The number of thioether (sulfide) groups is 1.